The number of hydrogen-bond donors (Lipinski definition) is 2. The molecule has 310 valence electrons. The number of nitrogens with zero attached hydrogens (tertiary/aromatic N) is 3. The smallest absolute Gasteiger partial charge is 0.323 e. The number of nitrogens with two attached hydrogens (primary N) is 1. The Bertz CT molecular complexity index is 1690. The highest BCUT2D eigenvalue weighted by atomic mass is 19.1. The highest BCUT2D eigenvalue weighted by Gasteiger charge is 2.77. The van der Waals surface area contributed by atoms with Crippen molar-refractivity contribution in [2.45, 2.75) is 95.2 Å². The van der Waals surface area contributed by atoms with Gasteiger partial charge < -0.3 is 39.6 Å². The summed E-state index contributed by atoms with van der Waals surface area (Å²) in [6.07, 6.45) is -0.698. The van der Waals surface area contributed by atoms with Crippen LogP contribution in [0.4, 0.5) is 4.39 Å². The number of esters is 3. The summed E-state index contributed by atoms with van der Waals surface area (Å²) in [5, 5.41) is 39.8. The Hall–Kier alpha value is -5.32. The number of rotatable bonds is 19. The second-order valence-corrected chi connectivity index (χ2v) is 14.8. The zero-order valence-corrected chi connectivity index (χ0v) is 30.7. The number of Topliss-reactive ketones (excluding diaryl/α,β-unsaturated/α-hetero) is 1. The van der Waals surface area contributed by atoms with Gasteiger partial charge in [0.1, 0.15) is 19.3 Å². The number of fused-ring (bicyclic) bond motifs is 5. The van der Waals surface area contributed by atoms with Gasteiger partial charge in [0.05, 0.1) is 19.1 Å². The van der Waals surface area contributed by atoms with Crippen LogP contribution in [-0.2, 0) is 52.7 Å². The van der Waals surface area contributed by atoms with E-state index in [1.54, 1.807) is 20.8 Å². The molecular weight excluding hydrogens is 759 g/mol. The number of aliphatic hydroxyl groups is 1. The second-order valence-electron chi connectivity index (χ2n) is 14.8. The molecule has 10 atom stereocenters. The summed E-state index contributed by atoms with van der Waals surface area (Å²) in [5.74, 6) is -7.18. The molecule has 0 radical (unpaired) electrons. The third-order valence-corrected chi connectivity index (χ3v) is 11.7. The molecule has 3 fully saturated rings. The first kappa shape index (κ1) is 43.4. The van der Waals surface area contributed by atoms with Gasteiger partial charge in [-0.2, -0.15) is 0 Å². The summed E-state index contributed by atoms with van der Waals surface area (Å²) in [5.41, 5.74) is -1.01. The van der Waals surface area contributed by atoms with Gasteiger partial charge >= 0.3 is 17.9 Å². The standard InChI is InChI=1S/C33H43FN4O18/c1-18-11-23-22-7-6-19-12-20(39)8-9-30(19,2)32(22,34)25(40)14-31(23,3)33(18,55-27(42)5-4-10-53-36(45)46)26(41)17-51-28(43)13-24(35)29(44)52-15-21(56-38(49)50)16-54-37(47)48/h8-9,12,18,21-25,40H,4-7,10-11,13-17,35H2,1-3H3/t18-,21?,22?,23?,24?,25-,30-,31-,32-,33-/m0/s1. The minimum atomic E-state index is -2.30. The van der Waals surface area contributed by atoms with E-state index in [1.165, 1.54) is 18.2 Å². The fourth-order valence-electron chi connectivity index (χ4n) is 9.22. The van der Waals surface area contributed by atoms with Crippen LogP contribution in [0, 0.1) is 58.9 Å². The van der Waals surface area contributed by atoms with Gasteiger partial charge in [0, 0.05) is 29.1 Å². The topological polar surface area (TPSA) is 316 Å². The van der Waals surface area contributed by atoms with Crippen molar-refractivity contribution >= 4 is 29.5 Å². The lowest BCUT2D eigenvalue weighted by molar-refractivity contribution is -0.790. The van der Waals surface area contributed by atoms with E-state index in [-0.39, 0.29) is 25.0 Å². The fourth-order valence-corrected chi connectivity index (χ4v) is 9.22. The lowest BCUT2D eigenvalue weighted by atomic mass is 9.44. The van der Waals surface area contributed by atoms with Crippen molar-refractivity contribution in [3.63, 3.8) is 0 Å². The molecular formula is C33H43FN4O18. The monoisotopic (exact) mass is 802 g/mol. The highest BCUT2D eigenvalue weighted by Crippen LogP contribution is 2.71. The molecule has 0 aromatic heterocycles. The molecule has 4 unspecified atom stereocenters. The fraction of sp³-hybridized carbons (Fsp3) is 0.727. The Morgan fingerprint density at radius 1 is 1.02 bits per heavy atom. The number of ketones is 2. The van der Waals surface area contributed by atoms with Crippen LogP contribution in [0.2, 0.25) is 0 Å². The molecule has 3 saturated carbocycles. The Morgan fingerprint density at radius 3 is 2.34 bits per heavy atom. The van der Waals surface area contributed by atoms with Crippen molar-refractivity contribution in [1.82, 2.24) is 0 Å². The van der Waals surface area contributed by atoms with Crippen molar-refractivity contribution in [2.75, 3.05) is 26.4 Å². The number of aliphatic hydroxyl groups excluding tert-OH is 1. The molecule has 0 heterocycles. The van der Waals surface area contributed by atoms with E-state index in [0.29, 0.717) is 12.0 Å². The number of ether oxygens (including phenoxy) is 3. The lowest BCUT2D eigenvalue weighted by Gasteiger charge is -2.62. The zero-order valence-electron chi connectivity index (χ0n) is 30.7. The minimum Gasteiger partial charge on any atom is -0.462 e. The molecule has 0 bridgehead atoms. The van der Waals surface area contributed by atoms with Gasteiger partial charge in [-0.05, 0) is 57.1 Å². The minimum absolute atomic E-state index is 0.124. The average Bonchev–Trinajstić information content (AvgIpc) is 3.32. The van der Waals surface area contributed by atoms with Crippen LogP contribution in [0.5, 0.6) is 0 Å². The van der Waals surface area contributed by atoms with E-state index < -0.39 is 143 Å². The molecule has 0 aromatic carbocycles. The predicted octanol–water partition coefficient (Wildman–Crippen LogP) is 1.03. The van der Waals surface area contributed by atoms with Gasteiger partial charge in [0.25, 0.3) is 15.3 Å². The first-order valence-electron chi connectivity index (χ1n) is 17.6. The van der Waals surface area contributed by atoms with Crippen LogP contribution in [0.15, 0.2) is 23.8 Å². The summed E-state index contributed by atoms with van der Waals surface area (Å²) in [4.78, 5) is 109. The third-order valence-electron chi connectivity index (χ3n) is 11.7. The number of halogens is 1. The average molecular weight is 803 g/mol. The molecule has 4 rings (SSSR count). The molecule has 4 aliphatic carbocycles. The van der Waals surface area contributed by atoms with E-state index in [4.69, 9.17) is 19.9 Å². The Kier molecular flexibility index (Phi) is 13.0. The van der Waals surface area contributed by atoms with E-state index in [1.807, 2.05) is 0 Å². The maximum absolute atomic E-state index is 17.7. The van der Waals surface area contributed by atoms with Crippen LogP contribution >= 0.6 is 0 Å². The molecule has 0 spiro atoms. The largest absolute Gasteiger partial charge is 0.462 e. The quantitative estimate of drug-likeness (QED) is 0.0605. The van der Waals surface area contributed by atoms with Crippen LogP contribution < -0.4 is 5.73 Å². The highest BCUT2D eigenvalue weighted by molar-refractivity contribution is 6.01. The van der Waals surface area contributed by atoms with E-state index >= 15 is 4.39 Å². The number of carbonyl (C=O) groups is 5. The number of carbonyl (C=O) groups excluding carboxylic acids is 5. The number of allylic oxidation sites excluding steroid dienone is 4. The third kappa shape index (κ3) is 8.27. The van der Waals surface area contributed by atoms with Gasteiger partial charge in [-0.15, -0.1) is 30.3 Å². The van der Waals surface area contributed by atoms with Gasteiger partial charge in [0.15, 0.2) is 29.8 Å². The first-order chi connectivity index (χ1) is 26.1. The summed E-state index contributed by atoms with van der Waals surface area (Å²) < 4.78 is 33.7. The zero-order chi connectivity index (χ0) is 41.8. The van der Waals surface area contributed by atoms with Crippen molar-refractivity contribution in [3.05, 3.63) is 54.1 Å². The summed E-state index contributed by atoms with van der Waals surface area (Å²) >= 11 is 0. The molecule has 23 heteroatoms. The SMILES string of the molecule is C[C@H]1CC2C3CCC4=CC(=O)C=C[C@]4(C)[C@@]3(F)[C@@H](O)C[C@]2(C)[C@@]1(OC(=O)CCCO[N+](=O)[O-])C(=O)COC(=O)CC(N)C(=O)OCC(CO[N+](=O)[O-])O[N+](=O)[O-]. The van der Waals surface area contributed by atoms with Crippen molar-refractivity contribution in [3.8, 4) is 0 Å². The Balaban J connectivity index is 1.54. The van der Waals surface area contributed by atoms with Crippen molar-refractivity contribution < 1.29 is 77.5 Å². The number of alkyl halides is 1. The van der Waals surface area contributed by atoms with Gasteiger partial charge in [-0.3, -0.25) is 24.0 Å². The maximum Gasteiger partial charge on any atom is 0.323 e. The lowest BCUT2D eigenvalue weighted by Crippen LogP contribution is -2.70. The molecule has 0 amide bonds. The molecule has 0 aromatic rings. The molecule has 0 aliphatic heterocycles. The first-order valence-corrected chi connectivity index (χ1v) is 17.6. The number of hydrogen-bond acceptors (Lipinski definition) is 19. The van der Waals surface area contributed by atoms with Gasteiger partial charge in [-0.1, -0.05) is 25.5 Å². The summed E-state index contributed by atoms with van der Waals surface area (Å²) in [6, 6.07) is -1.76. The summed E-state index contributed by atoms with van der Waals surface area (Å²) in [6.45, 7) is 1.34. The molecule has 3 N–H and O–H groups in total. The molecule has 4 aliphatic rings. The van der Waals surface area contributed by atoms with E-state index in [9.17, 15) is 59.4 Å². The van der Waals surface area contributed by atoms with Crippen molar-refractivity contribution in [1.29, 1.82) is 0 Å². The summed E-state index contributed by atoms with van der Waals surface area (Å²) in [7, 11) is 0. The molecule has 0 saturated heterocycles. The predicted molar refractivity (Wildman–Crippen MR) is 178 cm³/mol. The van der Waals surface area contributed by atoms with Crippen molar-refractivity contribution in [2.24, 2.45) is 34.3 Å². The molecule has 22 nitrogen and oxygen atoms in total. The molecule has 56 heavy (non-hydrogen) atoms. The second kappa shape index (κ2) is 16.8. The van der Waals surface area contributed by atoms with Gasteiger partial charge in [-0.25, -0.2) is 4.39 Å². The Morgan fingerprint density at radius 2 is 1.70 bits per heavy atom. The normalized spacial score (nSPS) is 32.5. The Labute approximate surface area is 317 Å². The van der Waals surface area contributed by atoms with E-state index in [0.717, 1.165) is 0 Å². The van der Waals surface area contributed by atoms with Crippen LogP contribution in [0.25, 0.3) is 0 Å². The van der Waals surface area contributed by atoms with Crippen LogP contribution in [-0.4, -0.2) is 106 Å². The van der Waals surface area contributed by atoms with E-state index in [2.05, 4.69) is 14.5 Å². The van der Waals surface area contributed by atoms with Crippen LogP contribution in [0.1, 0.15) is 65.7 Å². The van der Waals surface area contributed by atoms with Crippen LogP contribution in [0.3, 0.4) is 0 Å². The van der Waals surface area contributed by atoms with Gasteiger partial charge in [0.2, 0.25) is 5.78 Å². The maximum atomic E-state index is 17.7.